The van der Waals surface area contributed by atoms with Crippen molar-refractivity contribution in [1.82, 2.24) is 15.3 Å². The summed E-state index contributed by atoms with van der Waals surface area (Å²) in [6.07, 6.45) is 1.73. The van der Waals surface area contributed by atoms with E-state index in [1.54, 1.807) is 7.11 Å². The molecule has 1 fully saturated rings. The number of aliphatic carboxylic acids is 1. The predicted octanol–water partition coefficient (Wildman–Crippen LogP) is 2.14. The molecule has 2 N–H and O–H groups in total. The molecule has 26 heavy (non-hydrogen) atoms. The largest absolute Gasteiger partial charge is 0.481 e. The van der Waals surface area contributed by atoms with Gasteiger partial charge < -0.3 is 19.9 Å². The maximum atomic E-state index is 12.7. The van der Waals surface area contributed by atoms with Gasteiger partial charge in [0, 0.05) is 13.2 Å². The monoisotopic (exact) mass is 379 g/mol. The van der Waals surface area contributed by atoms with E-state index in [1.165, 1.54) is 18.4 Å². The van der Waals surface area contributed by atoms with Gasteiger partial charge >= 0.3 is 5.97 Å². The smallest absolute Gasteiger partial charge is 0.306 e. The molecular formula is C17H21N3O5S. The van der Waals surface area contributed by atoms with Crippen molar-refractivity contribution in [1.29, 1.82) is 0 Å². The third-order valence-electron chi connectivity index (χ3n) is 4.59. The average molecular weight is 379 g/mol. The van der Waals surface area contributed by atoms with Crippen LogP contribution in [0.15, 0.2) is 0 Å². The summed E-state index contributed by atoms with van der Waals surface area (Å²) in [6, 6.07) is -0.120. The van der Waals surface area contributed by atoms with Gasteiger partial charge in [0.05, 0.1) is 23.3 Å². The summed E-state index contributed by atoms with van der Waals surface area (Å²) in [5, 5.41) is 12.8. The molecule has 0 aromatic carbocycles. The van der Waals surface area contributed by atoms with Crippen molar-refractivity contribution in [2.24, 2.45) is 5.92 Å². The van der Waals surface area contributed by atoms with Crippen LogP contribution in [0.25, 0.3) is 10.2 Å². The van der Waals surface area contributed by atoms with Crippen LogP contribution >= 0.6 is 11.3 Å². The Morgan fingerprint density at radius 2 is 2.08 bits per heavy atom. The van der Waals surface area contributed by atoms with E-state index in [1.807, 2.05) is 6.92 Å². The van der Waals surface area contributed by atoms with E-state index in [2.05, 4.69) is 15.3 Å². The number of amides is 1. The fraction of sp³-hybridized carbons (Fsp3) is 0.529. The molecule has 1 aliphatic carbocycles. The zero-order chi connectivity index (χ0) is 18.8. The van der Waals surface area contributed by atoms with Crippen LogP contribution in [-0.4, -0.2) is 47.2 Å². The number of carboxylic acid groups (broad SMARTS) is 1. The van der Waals surface area contributed by atoms with Crippen molar-refractivity contribution >= 4 is 33.4 Å². The summed E-state index contributed by atoms with van der Waals surface area (Å²) in [5.74, 6) is -0.486. The number of hydrogen-bond acceptors (Lipinski definition) is 7. The lowest BCUT2D eigenvalue weighted by Gasteiger charge is -2.12. The minimum Gasteiger partial charge on any atom is -0.481 e. The van der Waals surface area contributed by atoms with Gasteiger partial charge in [-0.1, -0.05) is 0 Å². The number of aryl methyl sites for hydroxylation is 1. The van der Waals surface area contributed by atoms with E-state index in [0.29, 0.717) is 40.7 Å². The Labute approximate surface area is 154 Å². The van der Waals surface area contributed by atoms with Crippen LogP contribution in [0.2, 0.25) is 0 Å². The highest BCUT2D eigenvalue weighted by atomic mass is 32.1. The maximum absolute atomic E-state index is 12.7. The number of thiophene rings is 1. The normalized spacial score (nSPS) is 19.7. The van der Waals surface area contributed by atoms with Crippen molar-refractivity contribution < 1.29 is 24.2 Å². The molecule has 1 amide bonds. The zero-order valence-corrected chi connectivity index (χ0v) is 15.7. The number of fused-ring (bicyclic) bond motifs is 1. The molecule has 2 atom stereocenters. The summed E-state index contributed by atoms with van der Waals surface area (Å²) in [7, 11) is 3.09. The number of nitrogens with one attached hydrogen (secondary N) is 1. The lowest BCUT2D eigenvalue weighted by atomic mass is 10.1. The number of carbonyl (C=O) groups is 2. The van der Waals surface area contributed by atoms with Crippen LogP contribution < -0.4 is 10.1 Å². The van der Waals surface area contributed by atoms with Crippen LogP contribution in [0.5, 0.6) is 5.88 Å². The SMILES string of the molecule is COCc1nc(OC)c2c(C)c(C(=O)N[C@H]3CC[C@@H](C(=O)O)C3)sc2n1. The summed E-state index contributed by atoms with van der Waals surface area (Å²) >= 11 is 1.28. The topological polar surface area (TPSA) is 111 Å². The Hall–Kier alpha value is -2.26. The van der Waals surface area contributed by atoms with Crippen molar-refractivity contribution in [3.8, 4) is 5.88 Å². The minimum atomic E-state index is -0.800. The highest BCUT2D eigenvalue weighted by molar-refractivity contribution is 7.20. The molecule has 140 valence electrons. The van der Waals surface area contributed by atoms with E-state index < -0.39 is 5.97 Å². The number of hydrogen-bond donors (Lipinski definition) is 2. The summed E-state index contributed by atoms with van der Waals surface area (Å²) in [4.78, 5) is 33.8. The van der Waals surface area contributed by atoms with Crippen LogP contribution in [0.1, 0.15) is 40.3 Å². The van der Waals surface area contributed by atoms with Gasteiger partial charge in [-0.3, -0.25) is 9.59 Å². The minimum absolute atomic E-state index is 0.120. The van der Waals surface area contributed by atoms with Crippen LogP contribution in [0, 0.1) is 12.8 Å². The first kappa shape index (κ1) is 18.5. The van der Waals surface area contributed by atoms with Gasteiger partial charge in [0.25, 0.3) is 5.91 Å². The van der Waals surface area contributed by atoms with Gasteiger partial charge in [-0.2, -0.15) is 4.98 Å². The molecule has 3 rings (SSSR count). The fourth-order valence-corrected chi connectivity index (χ4v) is 4.38. The number of nitrogens with zero attached hydrogens (tertiary/aromatic N) is 2. The van der Waals surface area contributed by atoms with Crippen LogP contribution in [0.4, 0.5) is 0 Å². The van der Waals surface area contributed by atoms with Crippen molar-refractivity contribution in [2.45, 2.75) is 38.8 Å². The van der Waals surface area contributed by atoms with Gasteiger partial charge in [-0.15, -0.1) is 11.3 Å². The van der Waals surface area contributed by atoms with Crippen molar-refractivity contribution in [2.75, 3.05) is 14.2 Å². The van der Waals surface area contributed by atoms with Crippen LogP contribution in [-0.2, 0) is 16.1 Å². The fourth-order valence-electron chi connectivity index (χ4n) is 3.29. The van der Waals surface area contributed by atoms with E-state index in [-0.39, 0.29) is 24.5 Å². The molecule has 1 aliphatic rings. The molecule has 0 aliphatic heterocycles. The average Bonchev–Trinajstić information content (AvgIpc) is 3.19. The second kappa shape index (κ2) is 7.55. The lowest BCUT2D eigenvalue weighted by molar-refractivity contribution is -0.141. The zero-order valence-electron chi connectivity index (χ0n) is 14.9. The Morgan fingerprint density at radius 3 is 2.69 bits per heavy atom. The highest BCUT2D eigenvalue weighted by Crippen LogP contribution is 2.35. The number of methoxy groups -OCH3 is 2. The third-order valence-corrected chi connectivity index (χ3v) is 5.78. The first-order valence-electron chi connectivity index (χ1n) is 8.31. The number of carboxylic acids is 1. The Morgan fingerprint density at radius 1 is 1.31 bits per heavy atom. The second-order valence-corrected chi connectivity index (χ2v) is 7.34. The number of ether oxygens (including phenoxy) is 2. The second-order valence-electron chi connectivity index (χ2n) is 6.34. The lowest BCUT2D eigenvalue weighted by Crippen LogP contribution is -2.33. The molecule has 0 radical (unpaired) electrons. The predicted molar refractivity (Wildman–Crippen MR) is 95.6 cm³/mol. The molecule has 0 bridgehead atoms. The van der Waals surface area contributed by atoms with Gasteiger partial charge in [-0.25, -0.2) is 4.98 Å². The maximum Gasteiger partial charge on any atom is 0.306 e. The molecule has 0 spiro atoms. The van der Waals surface area contributed by atoms with Crippen molar-refractivity contribution in [3.63, 3.8) is 0 Å². The standard InChI is InChI=1S/C17H21N3O5S/c1-8-12-15(25-3)19-11(7-24-2)20-16(12)26-13(8)14(21)18-10-5-4-9(6-10)17(22)23/h9-10H,4-7H2,1-3H3,(H,18,21)(H,22,23)/t9-,10+/m1/s1. The number of rotatable bonds is 6. The molecule has 2 aromatic rings. The van der Waals surface area contributed by atoms with Crippen LogP contribution in [0.3, 0.4) is 0 Å². The summed E-state index contributed by atoms with van der Waals surface area (Å²) in [5.41, 5.74) is 0.760. The van der Waals surface area contributed by atoms with Gasteiger partial charge in [0.15, 0.2) is 5.82 Å². The first-order valence-corrected chi connectivity index (χ1v) is 9.12. The van der Waals surface area contributed by atoms with E-state index in [4.69, 9.17) is 14.6 Å². The number of carbonyl (C=O) groups excluding carboxylic acids is 1. The van der Waals surface area contributed by atoms with E-state index in [0.717, 1.165) is 10.9 Å². The number of aromatic nitrogens is 2. The molecule has 9 heteroatoms. The third kappa shape index (κ3) is 3.49. The Bertz CT molecular complexity index is 851. The molecule has 0 unspecified atom stereocenters. The molecule has 1 saturated carbocycles. The quantitative estimate of drug-likeness (QED) is 0.791. The Kier molecular flexibility index (Phi) is 5.38. The van der Waals surface area contributed by atoms with Gasteiger partial charge in [0.2, 0.25) is 5.88 Å². The molecular weight excluding hydrogens is 358 g/mol. The van der Waals surface area contributed by atoms with E-state index in [9.17, 15) is 9.59 Å². The molecule has 0 saturated heterocycles. The molecule has 2 heterocycles. The highest BCUT2D eigenvalue weighted by Gasteiger charge is 2.31. The molecule has 2 aromatic heterocycles. The Balaban J connectivity index is 1.87. The first-order chi connectivity index (χ1) is 12.4. The summed E-state index contributed by atoms with van der Waals surface area (Å²) in [6.45, 7) is 2.09. The van der Waals surface area contributed by atoms with Gasteiger partial charge in [0.1, 0.15) is 11.4 Å². The molecule has 8 nitrogen and oxygen atoms in total. The van der Waals surface area contributed by atoms with Crippen molar-refractivity contribution in [3.05, 3.63) is 16.3 Å². The van der Waals surface area contributed by atoms with Gasteiger partial charge in [-0.05, 0) is 31.7 Å². The van der Waals surface area contributed by atoms with E-state index >= 15 is 0 Å². The summed E-state index contributed by atoms with van der Waals surface area (Å²) < 4.78 is 10.4.